The summed E-state index contributed by atoms with van der Waals surface area (Å²) in [6.45, 7) is 6.00. The molecule has 4 rings (SSSR count). The predicted molar refractivity (Wildman–Crippen MR) is 129 cm³/mol. The Kier molecular flexibility index (Phi) is 6.18. The maximum Gasteiger partial charge on any atom is 0.174 e. The van der Waals surface area contributed by atoms with E-state index < -0.39 is 0 Å². The summed E-state index contributed by atoms with van der Waals surface area (Å²) < 4.78 is 13.3. The number of benzene rings is 2. The van der Waals surface area contributed by atoms with Crippen LogP contribution in [-0.2, 0) is 13.0 Å². The first-order valence-electron chi connectivity index (χ1n) is 10.6. The first-order valence-corrected chi connectivity index (χ1v) is 11.0. The molecule has 2 aromatic carbocycles. The summed E-state index contributed by atoms with van der Waals surface area (Å²) in [5.74, 6) is 1.44. The number of aromatic nitrogens is 1. The van der Waals surface area contributed by atoms with Crippen LogP contribution in [0.4, 0.5) is 5.69 Å². The third kappa shape index (κ3) is 4.00. The van der Waals surface area contributed by atoms with Crippen molar-refractivity contribution < 1.29 is 9.47 Å². The highest BCUT2D eigenvalue weighted by molar-refractivity contribution is 7.80. The summed E-state index contributed by atoms with van der Waals surface area (Å²) in [6, 6.07) is 16.7. The fourth-order valence-corrected chi connectivity index (χ4v) is 4.66. The van der Waals surface area contributed by atoms with Crippen molar-refractivity contribution in [2.45, 2.75) is 32.9 Å². The van der Waals surface area contributed by atoms with Crippen molar-refractivity contribution in [1.82, 2.24) is 9.47 Å². The molecule has 0 bridgehead atoms. The van der Waals surface area contributed by atoms with Gasteiger partial charge in [0, 0.05) is 30.7 Å². The number of hydrogen-bond donors (Lipinski definition) is 1. The zero-order valence-electron chi connectivity index (χ0n) is 18.5. The molecule has 0 amide bonds. The Morgan fingerprint density at radius 3 is 2.61 bits per heavy atom. The minimum absolute atomic E-state index is 0.0161. The zero-order valence-corrected chi connectivity index (χ0v) is 19.3. The van der Waals surface area contributed by atoms with Crippen LogP contribution in [0.15, 0.2) is 54.7 Å². The Morgan fingerprint density at radius 2 is 1.87 bits per heavy atom. The van der Waals surface area contributed by atoms with E-state index in [1.807, 2.05) is 12.1 Å². The fraction of sp³-hybridized carbons (Fsp3) is 0.320. The fourth-order valence-electron chi connectivity index (χ4n) is 4.36. The van der Waals surface area contributed by atoms with Gasteiger partial charge in [-0.3, -0.25) is 0 Å². The summed E-state index contributed by atoms with van der Waals surface area (Å²) >= 11 is 5.96. The molecule has 1 aliphatic rings. The standard InChI is InChI=1S/C25H29N3O2S/c1-5-18-9-6-8-17(2)23(18)26-25(31)28-15-14-27-13-7-10-20(27)24(28)19-11-12-21(29-3)22(16-19)30-4/h6-13,16,24H,5,14-15H2,1-4H3,(H,26,31). The molecule has 162 valence electrons. The number of fused-ring (bicyclic) bond motifs is 1. The van der Waals surface area contributed by atoms with Gasteiger partial charge in [-0.05, 0) is 66.5 Å². The number of rotatable bonds is 5. The maximum absolute atomic E-state index is 5.96. The van der Waals surface area contributed by atoms with Crippen molar-refractivity contribution in [3.8, 4) is 11.5 Å². The summed E-state index contributed by atoms with van der Waals surface area (Å²) in [5.41, 5.74) is 5.90. The van der Waals surface area contributed by atoms with Crippen molar-refractivity contribution >= 4 is 23.0 Å². The number of hydrogen-bond acceptors (Lipinski definition) is 3. The average molecular weight is 436 g/mol. The number of nitrogens with one attached hydrogen (secondary N) is 1. The van der Waals surface area contributed by atoms with Crippen molar-refractivity contribution in [2.24, 2.45) is 0 Å². The number of nitrogens with zero attached hydrogens (tertiary/aromatic N) is 2. The van der Waals surface area contributed by atoms with E-state index in [-0.39, 0.29) is 6.04 Å². The number of anilines is 1. The summed E-state index contributed by atoms with van der Waals surface area (Å²) in [6.07, 6.45) is 3.09. The quantitative estimate of drug-likeness (QED) is 0.559. The molecular formula is C25H29N3O2S. The minimum atomic E-state index is -0.0161. The average Bonchev–Trinajstić information content (AvgIpc) is 3.28. The lowest BCUT2D eigenvalue weighted by atomic mass is 9.99. The molecule has 0 saturated carbocycles. The molecule has 3 aromatic rings. The van der Waals surface area contributed by atoms with E-state index in [9.17, 15) is 0 Å². The molecule has 0 radical (unpaired) electrons. The number of methoxy groups -OCH3 is 2. The second-order valence-electron chi connectivity index (χ2n) is 7.73. The van der Waals surface area contributed by atoms with Crippen LogP contribution >= 0.6 is 12.2 Å². The first-order chi connectivity index (χ1) is 15.1. The van der Waals surface area contributed by atoms with E-state index in [4.69, 9.17) is 21.7 Å². The third-order valence-corrected chi connectivity index (χ3v) is 6.33. The van der Waals surface area contributed by atoms with Gasteiger partial charge < -0.3 is 24.3 Å². The molecule has 1 atom stereocenters. The third-order valence-electron chi connectivity index (χ3n) is 5.99. The minimum Gasteiger partial charge on any atom is -0.493 e. The lowest BCUT2D eigenvalue weighted by molar-refractivity contribution is 0.291. The SMILES string of the molecule is CCc1cccc(C)c1NC(=S)N1CCn2cccc2C1c1ccc(OC)c(OC)c1. The van der Waals surface area contributed by atoms with E-state index in [1.165, 1.54) is 16.8 Å². The van der Waals surface area contributed by atoms with Gasteiger partial charge in [0.05, 0.1) is 20.3 Å². The van der Waals surface area contributed by atoms with Crippen LogP contribution in [0.1, 0.15) is 35.3 Å². The van der Waals surface area contributed by atoms with Crippen LogP contribution in [0.2, 0.25) is 0 Å². The van der Waals surface area contributed by atoms with Crippen LogP contribution in [0.5, 0.6) is 11.5 Å². The van der Waals surface area contributed by atoms with Gasteiger partial charge in [0.2, 0.25) is 0 Å². The van der Waals surface area contributed by atoms with Crippen LogP contribution in [0.25, 0.3) is 0 Å². The van der Waals surface area contributed by atoms with Gasteiger partial charge in [-0.15, -0.1) is 0 Å². The van der Waals surface area contributed by atoms with Crippen molar-refractivity contribution in [3.63, 3.8) is 0 Å². The second-order valence-corrected chi connectivity index (χ2v) is 8.12. The molecular weight excluding hydrogens is 406 g/mol. The van der Waals surface area contributed by atoms with Crippen molar-refractivity contribution in [2.75, 3.05) is 26.1 Å². The van der Waals surface area contributed by atoms with Crippen LogP contribution in [-0.4, -0.2) is 35.3 Å². The molecule has 1 unspecified atom stereocenters. The Morgan fingerprint density at radius 1 is 1.06 bits per heavy atom. The molecule has 0 spiro atoms. The van der Waals surface area contributed by atoms with Gasteiger partial charge in [0.15, 0.2) is 16.6 Å². The Balaban J connectivity index is 1.73. The Hall–Kier alpha value is -2.99. The van der Waals surface area contributed by atoms with E-state index >= 15 is 0 Å². The van der Waals surface area contributed by atoms with Crippen LogP contribution in [0.3, 0.4) is 0 Å². The molecule has 31 heavy (non-hydrogen) atoms. The Labute approximate surface area is 189 Å². The van der Waals surface area contributed by atoms with Crippen LogP contribution in [0, 0.1) is 6.92 Å². The number of ether oxygens (including phenoxy) is 2. The molecule has 0 aliphatic carbocycles. The van der Waals surface area contributed by atoms with Gasteiger partial charge in [0.25, 0.3) is 0 Å². The first kappa shape index (κ1) is 21.2. The predicted octanol–water partition coefficient (Wildman–Crippen LogP) is 5.18. The summed E-state index contributed by atoms with van der Waals surface area (Å²) in [7, 11) is 3.32. The van der Waals surface area contributed by atoms with E-state index in [2.05, 4.69) is 71.2 Å². The molecule has 1 aliphatic heterocycles. The largest absolute Gasteiger partial charge is 0.493 e. The lowest BCUT2D eigenvalue weighted by Crippen LogP contribution is -2.44. The molecule has 0 fully saturated rings. The number of aryl methyl sites for hydroxylation is 2. The highest BCUT2D eigenvalue weighted by Gasteiger charge is 2.31. The van der Waals surface area contributed by atoms with Gasteiger partial charge >= 0.3 is 0 Å². The molecule has 6 heteroatoms. The molecule has 5 nitrogen and oxygen atoms in total. The van der Waals surface area contributed by atoms with Gasteiger partial charge in [-0.25, -0.2) is 0 Å². The number of thiocarbonyl (C=S) groups is 1. The van der Waals surface area contributed by atoms with Crippen LogP contribution < -0.4 is 14.8 Å². The van der Waals surface area contributed by atoms with Gasteiger partial charge in [-0.1, -0.05) is 31.2 Å². The summed E-state index contributed by atoms with van der Waals surface area (Å²) in [5, 5.41) is 4.30. The highest BCUT2D eigenvalue weighted by Crippen LogP contribution is 2.37. The van der Waals surface area contributed by atoms with E-state index in [0.29, 0.717) is 0 Å². The zero-order chi connectivity index (χ0) is 22.0. The summed E-state index contributed by atoms with van der Waals surface area (Å²) in [4.78, 5) is 2.28. The van der Waals surface area contributed by atoms with Crippen molar-refractivity contribution in [1.29, 1.82) is 0 Å². The van der Waals surface area contributed by atoms with E-state index in [0.717, 1.165) is 47.4 Å². The van der Waals surface area contributed by atoms with Gasteiger partial charge in [-0.2, -0.15) is 0 Å². The molecule has 1 N–H and O–H groups in total. The van der Waals surface area contributed by atoms with E-state index in [1.54, 1.807) is 14.2 Å². The molecule has 0 saturated heterocycles. The molecule has 2 heterocycles. The second kappa shape index (κ2) is 9.02. The molecule has 1 aromatic heterocycles. The topological polar surface area (TPSA) is 38.7 Å². The van der Waals surface area contributed by atoms with Gasteiger partial charge in [0.1, 0.15) is 0 Å². The Bertz CT molecular complexity index is 1090. The monoisotopic (exact) mass is 435 g/mol. The normalized spacial score (nSPS) is 15.4. The maximum atomic E-state index is 5.96. The lowest BCUT2D eigenvalue weighted by Gasteiger charge is -2.39. The smallest absolute Gasteiger partial charge is 0.174 e. The van der Waals surface area contributed by atoms with Crippen molar-refractivity contribution in [3.05, 3.63) is 77.1 Å². The highest BCUT2D eigenvalue weighted by atomic mass is 32.1. The number of para-hydroxylation sites is 1.